The molecule has 1 aromatic rings. The fraction of sp³-hybridized carbons (Fsp3) is 0.667. The minimum absolute atomic E-state index is 0.164. The molecular formula is C21H34O3. The summed E-state index contributed by atoms with van der Waals surface area (Å²) in [5.41, 5.74) is 2.42. The lowest BCUT2D eigenvalue weighted by molar-refractivity contribution is -0.144. The van der Waals surface area contributed by atoms with Gasteiger partial charge in [0.25, 0.3) is 0 Å². The SMILES string of the molecule is CCCCC(CC)COC(=O)Cc1cc(C)c(O)c(C(C)(C)C)c1. The van der Waals surface area contributed by atoms with Gasteiger partial charge in [-0.2, -0.15) is 0 Å². The van der Waals surface area contributed by atoms with Crippen LogP contribution in [0, 0.1) is 12.8 Å². The van der Waals surface area contributed by atoms with Gasteiger partial charge in [0.2, 0.25) is 0 Å². The van der Waals surface area contributed by atoms with Gasteiger partial charge in [0, 0.05) is 0 Å². The Labute approximate surface area is 147 Å². The highest BCUT2D eigenvalue weighted by molar-refractivity contribution is 5.73. The summed E-state index contributed by atoms with van der Waals surface area (Å²) in [4.78, 5) is 12.2. The van der Waals surface area contributed by atoms with Crippen molar-refractivity contribution in [2.24, 2.45) is 5.92 Å². The van der Waals surface area contributed by atoms with Crippen molar-refractivity contribution in [1.82, 2.24) is 0 Å². The fourth-order valence-electron chi connectivity index (χ4n) is 2.85. The van der Waals surface area contributed by atoms with Crippen LogP contribution in [0.5, 0.6) is 5.75 Å². The van der Waals surface area contributed by atoms with Crippen LogP contribution in [0.15, 0.2) is 12.1 Å². The zero-order valence-corrected chi connectivity index (χ0v) is 16.2. The van der Waals surface area contributed by atoms with Crippen molar-refractivity contribution < 1.29 is 14.6 Å². The summed E-state index contributed by atoms with van der Waals surface area (Å²) in [6.45, 7) is 12.9. The zero-order chi connectivity index (χ0) is 18.3. The third-order valence-corrected chi connectivity index (χ3v) is 4.54. The molecule has 0 bridgehead atoms. The molecule has 0 amide bonds. The van der Waals surface area contributed by atoms with Crippen molar-refractivity contribution in [2.45, 2.75) is 79.1 Å². The second-order valence-electron chi connectivity index (χ2n) is 7.84. The molecule has 0 spiro atoms. The van der Waals surface area contributed by atoms with E-state index in [0.29, 0.717) is 18.3 Å². The van der Waals surface area contributed by atoms with E-state index in [2.05, 4.69) is 34.6 Å². The first-order valence-electron chi connectivity index (χ1n) is 9.17. The number of esters is 1. The number of hydrogen-bond acceptors (Lipinski definition) is 3. The maximum atomic E-state index is 12.2. The molecule has 24 heavy (non-hydrogen) atoms. The van der Waals surface area contributed by atoms with Crippen LogP contribution in [0.4, 0.5) is 0 Å². The predicted octanol–water partition coefficient (Wildman–Crippen LogP) is 5.30. The maximum Gasteiger partial charge on any atom is 0.310 e. The number of benzene rings is 1. The molecule has 0 heterocycles. The van der Waals surface area contributed by atoms with Gasteiger partial charge in [-0.1, -0.05) is 66.0 Å². The second kappa shape index (κ2) is 9.10. The van der Waals surface area contributed by atoms with Crippen molar-refractivity contribution in [3.8, 4) is 5.75 Å². The molecule has 1 unspecified atom stereocenters. The second-order valence-corrected chi connectivity index (χ2v) is 7.84. The van der Waals surface area contributed by atoms with E-state index in [4.69, 9.17) is 4.74 Å². The van der Waals surface area contributed by atoms with Gasteiger partial charge in [-0.15, -0.1) is 0 Å². The van der Waals surface area contributed by atoms with E-state index in [1.807, 2.05) is 19.1 Å². The van der Waals surface area contributed by atoms with E-state index in [9.17, 15) is 9.90 Å². The molecule has 1 N–H and O–H groups in total. The van der Waals surface area contributed by atoms with Gasteiger partial charge in [-0.25, -0.2) is 0 Å². The monoisotopic (exact) mass is 334 g/mol. The Kier molecular flexibility index (Phi) is 7.78. The molecule has 0 aliphatic heterocycles. The van der Waals surface area contributed by atoms with E-state index in [1.54, 1.807) is 0 Å². The van der Waals surface area contributed by atoms with Gasteiger partial charge in [0.15, 0.2) is 0 Å². The van der Waals surface area contributed by atoms with Crippen LogP contribution in [0.1, 0.15) is 77.0 Å². The number of unbranched alkanes of at least 4 members (excludes halogenated alkanes) is 1. The quantitative estimate of drug-likeness (QED) is 0.656. The van der Waals surface area contributed by atoms with Gasteiger partial charge in [-0.05, 0) is 41.4 Å². The summed E-state index contributed by atoms with van der Waals surface area (Å²) >= 11 is 0. The maximum absolute atomic E-state index is 12.2. The van der Waals surface area contributed by atoms with Crippen LogP contribution in [-0.2, 0) is 21.4 Å². The van der Waals surface area contributed by atoms with Crippen LogP contribution in [0.25, 0.3) is 0 Å². The van der Waals surface area contributed by atoms with Crippen LogP contribution < -0.4 is 0 Å². The lowest BCUT2D eigenvalue weighted by Gasteiger charge is -2.22. The van der Waals surface area contributed by atoms with E-state index >= 15 is 0 Å². The minimum Gasteiger partial charge on any atom is -0.507 e. The molecule has 0 saturated carbocycles. The van der Waals surface area contributed by atoms with Crippen LogP contribution in [0.3, 0.4) is 0 Å². The molecule has 0 radical (unpaired) electrons. The third-order valence-electron chi connectivity index (χ3n) is 4.54. The number of ether oxygens (including phenoxy) is 1. The average Bonchev–Trinajstić information content (AvgIpc) is 2.49. The number of aryl methyl sites for hydroxylation is 1. The molecule has 0 saturated heterocycles. The Morgan fingerprint density at radius 2 is 1.92 bits per heavy atom. The fourth-order valence-corrected chi connectivity index (χ4v) is 2.85. The number of carbonyl (C=O) groups is 1. The summed E-state index contributed by atoms with van der Waals surface area (Å²) < 4.78 is 5.49. The predicted molar refractivity (Wildman–Crippen MR) is 99.5 cm³/mol. The van der Waals surface area contributed by atoms with E-state index in [-0.39, 0.29) is 17.8 Å². The third kappa shape index (κ3) is 6.18. The van der Waals surface area contributed by atoms with Gasteiger partial charge in [0.1, 0.15) is 5.75 Å². The molecule has 0 aromatic heterocycles. The van der Waals surface area contributed by atoms with Gasteiger partial charge < -0.3 is 9.84 Å². The van der Waals surface area contributed by atoms with Crippen molar-refractivity contribution in [3.05, 3.63) is 28.8 Å². The van der Waals surface area contributed by atoms with Gasteiger partial charge >= 0.3 is 5.97 Å². The normalized spacial score (nSPS) is 12.9. The molecule has 0 aliphatic rings. The molecule has 136 valence electrons. The summed E-state index contributed by atoms with van der Waals surface area (Å²) in [5, 5.41) is 10.3. The Bertz CT molecular complexity index is 541. The smallest absolute Gasteiger partial charge is 0.310 e. The first-order chi connectivity index (χ1) is 11.2. The first-order valence-corrected chi connectivity index (χ1v) is 9.17. The lowest BCUT2D eigenvalue weighted by Crippen LogP contribution is -2.17. The van der Waals surface area contributed by atoms with E-state index in [0.717, 1.165) is 29.5 Å². The molecule has 1 rings (SSSR count). The molecule has 3 nitrogen and oxygen atoms in total. The van der Waals surface area contributed by atoms with Crippen molar-refractivity contribution in [1.29, 1.82) is 0 Å². The molecule has 3 heteroatoms. The Hall–Kier alpha value is -1.51. The zero-order valence-electron chi connectivity index (χ0n) is 16.2. The highest BCUT2D eigenvalue weighted by Crippen LogP contribution is 2.34. The standard InChI is InChI=1S/C21H34O3/c1-7-9-10-16(8-2)14-24-19(22)13-17-11-15(3)20(23)18(12-17)21(4,5)6/h11-12,16,23H,7-10,13-14H2,1-6H3. The Balaban J connectivity index is 2.72. The van der Waals surface area contributed by atoms with Crippen molar-refractivity contribution >= 4 is 5.97 Å². The molecule has 0 fully saturated rings. The van der Waals surface area contributed by atoms with Crippen LogP contribution >= 0.6 is 0 Å². The number of aromatic hydroxyl groups is 1. The largest absolute Gasteiger partial charge is 0.507 e. The lowest BCUT2D eigenvalue weighted by atomic mass is 9.84. The average molecular weight is 335 g/mol. The number of phenols is 1. The summed E-state index contributed by atoms with van der Waals surface area (Å²) in [6.07, 6.45) is 4.77. The molecule has 1 atom stereocenters. The minimum atomic E-state index is -0.185. The topological polar surface area (TPSA) is 46.5 Å². The molecular weight excluding hydrogens is 300 g/mol. The number of hydrogen-bond donors (Lipinski definition) is 1. The van der Waals surface area contributed by atoms with E-state index < -0.39 is 0 Å². The highest BCUT2D eigenvalue weighted by atomic mass is 16.5. The van der Waals surface area contributed by atoms with Crippen molar-refractivity contribution in [2.75, 3.05) is 6.61 Å². The Morgan fingerprint density at radius 1 is 1.25 bits per heavy atom. The number of phenolic OH excluding ortho intramolecular Hbond substituents is 1. The van der Waals surface area contributed by atoms with Crippen LogP contribution in [0.2, 0.25) is 0 Å². The number of carbonyl (C=O) groups excluding carboxylic acids is 1. The highest BCUT2D eigenvalue weighted by Gasteiger charge is 2.21. The molecule has 0 aliphatic carbocycles. The summed E-state index contributed by atoms with van der Waals surface area (Å²) in [7, 11) is 0. The van der Waals surface area contributed by atoms with Crippen molar-refractivity contribution in [3.63, 3.8) is 0 Å². The van der Waals surface area contributed by atoms with Gasteiger partial charge in [-0.3, -0.25) is 4.79 Å². The number of rotatable bonds is 8. The first kappa shape index (κ1) is 20.5. The summed E-state index contributed by atoms with van der Waals surface area (Å²) in [5.74, 6) is 0.598. The van der Waals surface area contributed by atoms with Gasteiger partial charge in [0.05, 0.1) is 13.0 Å². The van der Waals surface area contributed by atoms with Crippen LogP contribution in [-0.4, -0.2) is 17.7 Å². The van der Waals surface area contributed by atoms with E-state index in [1.165, 1.54) is 12.8 Å². The molecule has 1 aromatic carbocycles. The summed E-state index contributed by atoms with van der Waals surface area (Å²) in [6, 6.07) is 3.80. The Morgan fingerprint density at radius 3 is 2.46 bits per heavy atom.